The minimum Gasteiger partial charge on any atom is -0.373 e. The molecule has 4 saturated heterocycles. The van der Waals surface area contributed by atoms with Crippen LogP contribution in [0.15, 0.2) is 15.0 Å². The van der Waals surface area contributed by atoms with E-state index in [9.17, 15) is 57.5 Å². The first-order valence-electron chi connectivity index (χ1n) is 22.9. The highest BCUT2D eigenvalue weighted by Crippen LogP contribution is 2.37. The molecule has 78 heavy (non-hydrogen) atoms. The molecule has 0 saturated carbocycles. The molecule has 4 fully saturated rings. The lowest BCUT2D eigenvalue weighted by Gasteiger charge is -2.18. The van der Waals surface area contributed by atoms with Crippen LogP contribution >= 0.6 is 124 Å². The number of carbonyl (C=O) groups is 12. The number of rotatable bonds is 29. The van der Waals surface area contributed by atoms with Crippen molar-refractivity contribution in [3.8, 4) is 0 Å². The van der Waals surface area contributed by atoms with E-state index >= 15 is 0 Å². The lowest BCUT2D eigenvalue weighted by molar-refractivity contribution is -0.197. The Morgan fingerprint density at radius 2 is 0.974 bits per heavy atom. The average Bonchev–Trinajstić information content (AvgIpc) is 4.07. The Morgan fingerprint density at radius 3 is 1.29 bits per heavy atom. The number of hydrogen-bond donors (Lipinski definition) is 7. The fourth-order valence-corrected chi connectivity index (χ4v) is 12.2. The van der Waals surface area contributed by atoms with Crippen LogP contribution in [0.2, 0.25) is 0 Å². The van der Waals surface area contributed by atoms with Gasteiger partial charge >= 0.3 is 17.9 Å². The third kappa shape index (κ3) is 48.2. The van der Waals surface area contributed by atoms with Crippen molar-refractivity contribution in [1.82, 2.24) is 15.2 Å². The van der Waals surface area contributed by atoms with E-state index in [-0.39, 0.29) is 69.2 Å². The van der Waals surface area contributed by atoms with Gasteiger partial charge in [-0.05, 0) is 12.8 Å². The summed E-state index contributed by atoms with van der Waals surface area (Å²) < 4.78 is 0. The van der Waals surface area contributed by atoms with Crippen molar-refractivity contribution in [3.05, 3.63) is 0 Å². The molecule has 4 aliphatic rings. The maximum Gasteiger partial charge on any atom is 0.334 e. The number of hydrogen-bond acceptors (Lipinski definition) is 34. The number of hydroxylamine groups is 6. The molecule has 1 unspecified atom stereocenters. The molecule has 8 N–H and O–H groups in total. The van der Waals surface area contributed by atoms with Gasteiger partial charge < -0.3 is 31.7 Å². The van der Waals surface area contributed by atoms with Crippen LogP contribution in [-0.4, -0.2) is 195 Å². The van der Waals surface area contributed by atoms with Crippen molar-refractivity contribution >= 4 is 215 Å². The topological polar surface area (TPSA) is 393 Å². The highest BCUT2D eigenvalue weighted by atomic mass is 33.1. The second kappa shape index (κ2) is 59.1. The minimum absolute atomic E-state index is 0.00401. The smallest absolute Gasteiger partial charge is 0.334 e. The molecule has 37 heteroatoms. The van der Waals surface area contributed by atoms with Gasteiger partial charge in [-0.15, -0.1) is 10.1 Å². The van der Waals surface area contributed by atoms with Crippen molar-refractivity contribution in [2.75, 3.05) is 84.1 Å². The van der Waals surface area contributed by atoms with E-state index in [2.05, 4.69) is 57.7 Å². The molecule has 444 valence electrons. The van der Waals surface area contributed by atoms with Gasteiger partial charge in [-0.2, -0.15) is 48.8 Å². The maximum absolute atomic E-state index is 11.6. The van der Waals surface area contributed by atoms with E-state index in [0.29, 0.717) is 88.7 Å². The summed E-state index contributed by atoms with van der Waals surface area (Å²) in [4.78, 5) is 159. The van der Waals surface area contributed by atoms with E-state index in [4.69, 9.17) is 37.6 Å². The normalized spacial score (nSPS) is 15.6. The summed E-state index contributed by atoms with van der Waals surface area (Å²) in [6.45, 7) is 2.51. The van der Waals surface area contributed by atoms with Crippen LogP contribution in [0.4, 0.5) is 0 Å². The van der Waals surface area contributed by atoms with E-state index < -0.39 is 35.6 Å². The summed E-state index contributed by atoms with van der Waals surface area (Å²) in [5, 5.41) is 2.23. The third-order valence-electron chi connectivity index (χ3n) is 7.59. The predicted molar refractivity (Wildman–Crippen MR) is 326 cm³/mol. The average molecular weight is 1310 g/mol. The highest BCUT2D eigenvalue weighted by molar-refractivity contribution is 8.77. The molecule has 4 heterocycles. The van der Waals surface area contributed by atoms with Crippen LogP contribution in [0.25, 0.3) is 0 Å². The van der Waals surface area contributed by atoms with Gasteiger partial charge in [0.2, 0.25) is 0 Å². The summed E-state index contributed by atoms with van der Waals surface area (Å²) in [7, 11) is 12.7. The highest BCUT2D eigenvalue weighted by Gasteiger charge is 2.34. The Balaban J connectivity index is -0.000000918. The molecular weight excluding hydrogens is 1240 g/mol. The quantitative estimate of drug-likeness (QED) is 0.0108. The van der Waals surface area contributed by atoms with Crippen molar-refractivity contribution in [1.29, 1.82) is 0 Å². The molecule has 0 bridgehead atoms. The maximum atomic E-state index is 11.6. The van der Waals surface area contributed by atoms with E-state index in [1.165, 1.54) is 74.0 Å². The lowest BCUT2D eigenvalue weighted by Crippen LogP contribution is -2.32. The molecule has 0 radical (unpaired) electrons. The molecule has 0 spiro atoms. The Morgan fingerprint density at radius 1 is 0.577 bits per heavy atom. The van der Waals surface area contributed by atoms with Crippen LogP contribution in [0.3, 0.4) is 0 Å². The van der Waals surface area contributed by atoms with Crippen molar-refractivity contribution in [2.45, 2.75) is 75.9 Å². The number of amides is 6. The minimum atomic E-state index is -0.688. The molecule has 0 aromatic carbocycles. The van der Waals surface area contributed by atoms with Crippen LogP contribution in [0, 0.1) is 0 Å². The van der Waals surface area contributed by atoms with E-state index in [1.54, 1.807) is 32.4 Å². The molecule has 26 nitrogen and oxygen atoms in total. The van der Waals surface area contributed by atoms with Crippen molar-refractivity contribution < 1.29 is 76.9 Å². The summed E-state index contributed by atoms with van der Waals surface area (Å²) in [5.74, 6) is 7.13. The van der Waals surface area contributed by atoms with E-state index in [1.807, 2.05) is 10.8 Å². The second-order valence-corrected chi connectivity index (χ2v) is 25.3. The summed E-state index contributed by atoms with van der Waals surface area (Å²) in [6.07, 6.45) is 8.94. The largest absolute Gasteiger partial charge is 0.373 e. The summed E-state index contributed by atoms with van der Waals surface area (Å²) in [5.41, 5.74) is 15.4. The molecule has 0 aromatic heterocycles. The lowest BCUT2D eigenvalue weighted by atomic mass is 10.2. The number of aliphatic imine (C=N–C) groups is 3. The molecule has 0 aromatic rings. The predicted octanol–water partition coefficient (Wildman–Crippen LogP) is 2.82. The number of carbonyl (C=O) groups excluding carboxylic acids is 12. The number of thiol groups is 3. The standard InChI is InChI=1S/C14H16N2O8S2.C6H8N2O2S2.C6H9NO3S.C6H11NO2S2.C4H12N2S2.C3H5NOS.C2H7NS/c17-9-1-2-10(18)15(9)23-13(21)5-7-25-26-8-6-14(22)24-16-11(19)3-4-12(16)20;9-3-1-7-5-11-12-6-8-2-4-10;8-5-1-2-6(9)7(5)10-3-4-11;7-9-6(8)4-5-2-1-3-10-11-5;5-1-3-7-8-4-2-6;5-2-1-4-3-6;3-1-2-4/h1-8H2;1-4H,5-6H2;11H,1-4H2;5H,1-4,7H2;1-6H2;1-2,6H,3H2;4H,1-3H2. The molecule has 4 rings (SSSR count). The van der Waals surface area contributed by atoms with Crippen LogP contribution in [-0.2, 0) is 76.9 Å². The first-order valence-corrected chi connectivity index (χ1v) is 34.6. The van der Waals surface area contributed by atoms with Gasteiger partial charge in [-0.3, -0.25) is 67.8 Å². The number of imide groups is 3. The molecule has 6 amide bonds. The third-order valence-corrected chi connectivity index (χ3v) is 17.9. The second-order valence-electron chi connectivity index (χ2n) is 13.5. The molecular formula is C41H68N10O16S11. The fourth-order valence-electron chi connectivity index (χ4n) is 4.35. The molecule has 4 aliphatic heterocycles. The molecule has 0 aliphatic carbocycles. The number of aldehydes is 3. The van der Waals surface area contributed by atoms with Crippen molar-refractivity contribution in [3.63, 3.8) is 0 Å². The number of nitrogens with zero attached hydrogens (tertiary/aromatic N) is 6. The van der Waals surface area contributed by atoms with Gasteiger partial charge in [0.05, 0.1) is 62.1 Å². The van der Waals surface area contributed by atoms with Gasteiger partial charge in [-0.1, -0.05) is 86.4 Å². The number of nitrogens with two attached hydrogens (primary N) is 4. The Labute approximate surface area is 501 Å². The summed E-state index contributed by atoms with van der Waals surface area (Å²) >= 11 is 11.4. The van der Waals surface area contributed by atoms with E-state index in [0.717, 1.165) is 41.8 Å². The Kier molecular flexibility index (Phi) is 60.4. The summed E-state index contributed by atoms with van der Waals surface area (Å²) in [6, 6.07) is 0. The van der Waals surface area contributed by atoms with Gasteiger partial charge in [0.1, 0.15) is 0 Å². The van der Waals surface area contributed by atoms with Gasteiger partial charge in [-0.25, -0.2) is 9.59 Å². The van der Waals surface area contributed by atoms with Gasteiger partial charge in [0, 0.05) is 104 Å². The monoisotopic (exact) mass is 1310 g/mol. The first kappa shape index (κ1) is 79.7. The zero-order valence-electron chi connectivity index (χ0n) is 42.4. The van der Waals surface area contributed by atoms with Crippen LogP contribution in [0.5, 0.6) is 0 Å². The van der Waals surface area contributed by atoms with Gasteiger partial charge in [0.25, 0.3) is 35.4 Å². The van der Waals surface area contributed by atoms with Crippen LogP contribution in [0.1, 0.15) is 70.6 Å². The fraction of sp³-hybridized carbons (Fsp3) is 0.634. The Hall–Kier alpha value is -2.50. The SMILES string of the molecule is NCCS.NCCSSCCN.NOC(=O)CC1CCCSS1.O=C(CCSSCCC(=O)ON1C(=O)CCC1=O)ON1C(=O)CCC1=O.O=C1CCC(=O)N1OCCS.O=CC=NCS.O=CC=NCSSCN=CC=O. The Bertz CT molecular complexity index is 1720. The zero-order valence-corrected chi connectivity index (χ0v) is 51.6. The van der Waals surface area contributed by atoms with Gasteiger partial charge in [0.15, 0.2) is 18.9 Å². The molecule has 1 atom stereocenters. The zero-order chi connectivity index (χ0) is 59.0. The van der Waals surface area contributed by atoms with Crippen molar-refractivity contribution in [2.24, 2.45) is 38.1 Å². The van der Waals surface area contributed by atoms with Crippen LogP contribution < -0.4 is 23.1 Å². The first-order chi connectivity index (χ1) is 37.6.